The summed E-state index contributed by atoms with van der Waals surface area (Å²) in [6, 6.07) is 14.4. The Kier molecular flexibility index (Phi) is 13.3. The van der Waals surface area contributed by atoms with Crippen LogP contribution in [0.15, 0.2) is 72.5 Å². The summed E-state index contributed by atoms with van der Waals surface area (Å²) in [7, 11) is 1.73. The van der Waals surface area contributed by atoms with Crippen LogP contribution in [0.4, 0.5) is 25.3 Å². The Morgan fingerprint density at radius 2 is 1.71 bits per heavy atom. The van der Waals surface area contributed by atoms with E-state index in [4.69, 9.17) is 0 Å². The van der Waals surface area contributed by atoms with Crippen LogP contribution in [0.2, 0.25) is 0 Å². The number of hydrogen-bond acceptors (Lipinski definition) is 12. The van der Waals surface area contributed by atoms with Gasteiger partial charge in [-0.25, -0.2) is 18.7 Å². The van der Waals surface area contributed by atoms with E-state index in [1.807, 2.05) is 33.7 Å². The molecule has 2 aromatic heterocycles. The summed E-state index contributed by atoms with van der Waals surface area (Å²) >= 11 is 1.30. The number of halogens is 2. The number of fused-ring (bicyclic) bond motifs is 1. The van der Waals surface area contributed by atoms with E-state index < -0.39 is 23.8 Å². The number of nitrogens with one attached hydrogen (secondary N) is 3. The zero-order valence-electron chi connectivity index (χ0n) is 36.7. The van der Waals surface area contributed by atoms with Crippen molar-refractivity contribution in [1.82, 2.24) is 34.6 Å². The van der Waals surface area contributed by atoms with Gasteiger partial charge in [0.05, 0.1) is 18.6 Å². The van der Waals surface area contributed by atoms with E-state index in [0.29, 0.717) is 86.2 Å². The van der Waals surface area contributed by atoms with E-state index in [9.17, 15) is 24.0 Å². The maximum atomic E-state index is 16.1. The third-order valence-corrected chi connectivity index (χ3v) is 14.0. The predicted octanol–water partition coefficient (Wildman–Crippen LogP) is 5.60. The number of piperazine rings is 1. The molecular weight excluding hydrogens is 867 g/mol. The van der Waals surface area contributed by atoms with Crippen molar-refractivity contribution in [3.8, 4) is 11.1 Å². The van der Waals surface area contributed by atoms with Crippen molar-refractivity contribution in [2.75, 3.05) is 68.4 Å². The highest BCUT2D eigenvalue weighted by Crippen LogP contribution is 2.34. The van der Waals surface area contributed by atoms with Gasteiger partial charge in [0.2, 0.25) is 23.6 Å². The number of rotatable bonds is 14. The molecular formula is C48H52F2N10O5S. The average molecular weight is 919 g/mol. The molecule has 3 saturated heterocycles. The number of imidazole rings is 1. The van der Waals surface area contributed by atoms with Crippen LogP contribution in [0, 0.1) is 11.6 Å². The van der Waals surface area contributed by atoms with Crippen molar-refractivity contribution < 1.29 is 32.8 Å². The minimum absolute atomic E-state index is 0.0129. The van der Waals surface area contributed by atoms with Crippen LogP contribution >= 0.6 is 11.3 Å². The fourth-order valence-electron chi connectivity index (χ4n) is 9.71. The number of aldehydes is 1. The van der Waals surface area contributed by atoms with Crippen molar-refractivity contribution >= 4 is 57.8 Å². The number of piperidine rings is 2. The van der Waals surface area contributed by atoms with Crippen molar-refractivity contribution in [2.45, 2.75) is 69.6 Å². The van der Waals surface area contributed by atoms with Gasteiger partial charge in [-0.3, -0.25) is 39.1 Å². The molecule has 3 aromatic carbocycles. The number of nitrogens with zero attached hydrogens (tertiary/aromatic N) is 7. The van der Waals surface area contributed by atoms with Crippen LogP contribution in [0.3, 0.4) is 0 Å². The number of carbonyl (C=O) groups excluding carboxylic acids is 5. The van der Waals surface area contributed by atoms with Gasteiger partial charge in [-0.1, -0.05) is 18.2 Å². The summed E-state index contributed by atoms with van der Waals surface area (Å²) in [5, 5.41) is 10.4. The van der Waals surface area contributed by atoms with Gasteiger partial charge < -0.3 is 25.0 Å². The fourth-order valence-corrected chi connectivity index (χ4v) is 10.2. The third-order valence-electron chi connectivity index (χ3n) is 13.3. The van der Waals surface area contributed by atoms with Crippen molar-refractivity contribution in [3.63, 3.8) is 0 Å². The molecule has 344 valence electrons. The summed E-state index contributed by atoms with van der Waals surface area (Å²) in [5.74, 6) is -1.83. The number of hydrogen-bond donors (Lipinski definition) is 3. The third kappa shape index (κ3) is 9.76. The number of thiazole rings is 1. The number of amides is 4. The summed E-state index contributed by atoms with van der Waals surface area (Å²) in [6.07, 6.45) is 7.78. The largest absolute Gasteiger partial charge is 0.374 e. The number of aromatic nitrogens is 3. The minimum atomic E-state index is -0.845. The average Bonchev–Trinajstić information content (AvgIpc) is 4.10. The Morgan fingerprint density at radius 3 is 2.42 bits per heavy atom. The molecule has 66 heavy (non-hydrogen) atoms. The standard InChI is InChI=1S/C48H52F2N10O5S/c1-56(45(47(65)55-48-51-14-22-66-48)44-41-3-2-15-60(41)29-52-44)26-37-33(28-61)23-32(24-38(37)49)30-4-7-35(8-5-30)58-18-20-59(21-19-58)43(63)27-57-16-12-31(13-17-57)36-9-6-34(25-39(36)50)53-40-10-11-42(62)54-46(40)64/h4-9,14,22-25,28-29,31,40,45,53H,2-3,10-13,15-21,26-27H2,1H3,(H,51,55,65)(H,54,62,64). The molecule has 3 N–H and O–H groups in total. The Balaban J connectivity index is 0.767. The number of benzene rings is 3. The molecule has 3 fully saturated rings. The maximum absolute atomic E-state index is 16.1. The minimum Gasteiger partial charge on any atom is -0.374 e. The molecule has 0 bridgehead atoms. The first-order chi connectivity index (χ1) is 32.0. The molecule has 4 aliphatic rings. The number of anilines is 3. The maximum Gasteiger partial charge on any atom is 0.249 e. The van der Waals surface area contributed by atoms with Crippen LogP contribution in [0.25, 0.3) is 11.1 Å². The first-order valence-electron chi connectivity index (χ1n) is 22.5. The normalized spacial score (nSPS) is 18.6. The van der Waals surface area contributed by atoms with Gasteiger partial charge in [-0.15, -0.1) is 11.3 Å². The van der Waals surface area contributed by atoms with Gasteiger partial charge in [-0.2, -0.15) is 0 Å². The smallest absolute Gasteiger partial charge is 0.249 e. The monoisotopic (exact) mass is 918 g/mol. The zero-order chi connectivity index (χ0) is 45.9. The lowest BCUT2D eigenvalue weighted by atomic mass is 9.89. The second-order valence-corrected chi connectivity index (χ2v) is 18.4. The second-order valence-electron chi connectivity index (χ2n) is 17.5. The highest BCUT2D eigenvalue weighted by atomic mass is 32.1. The first-order valence-corrected chi connectivity index (χ1v) is 23.4. The molecule has 0 radical (unpaired) electrons. The van der Waals surface area contributed by atoms with Crippen molar-refractivity contribution in [3.05, 3.63) is 112 Å². The molecule has 2 atom stereocenters. The van der Waals surface area contributed by atoms with E-state index >= 15 is 8.78 Å². The summed E-state index contributed by atoms with van der Waals surface area (Å²) in [6.45, 7) is 4.92. The van der Waals surface area contributed by atoms with Crippen LogP contribution in [-0.4, -0.2) is 118 Å². The zero-order valence-corrected chi connectivity index (χ0v) is 37.5. The fraction of sp³-hybridized carbons (Fsp3) is 0.396. The van der Waals surface area contributed by atoms with E-state index in [1.54, 1.807) is 48.1 Å². The predicted molar refractivity (Wildman–Crippen MR) is 246 cm³/mol. The second kappa shape index (κ2) is 19.6. The van der Waals surface area contributed by atoms with Gasteiger partial charge in [0.15, 0.2) is 11.4 Å². The summed E-state index contributed by atoms with van der Waals surface area (Å²) in [5.41, 5.74) is 5.36. The number of imide groups is 1. The van der Waals surface area contributed by atoms with Crippen molar-refractivity contribution in [1.29, 1.82) is 0 Å². The molecule has 5 aromatic rings. The first kappa shape index (κ1) is 44.8. The molecule has 6 heterocycles. The SMILES string of the molecule is CN(Cc1c(F)cc(-c2ccc(N3CCN(C(=O)CN4CCC(c5ccc(NC6CCC(=O)NC6=O)cc5F)CC4)CC3)cc2)cc1C=O)C(C(=O)Nc1nccs1)c1ncn2c1CCC2. The summed E-state index contributed by atoms with van der Waals surface area (Å²) < 4.78 is 33.4. The number of aryl methyl sites for hydroxylation is 1. The Hall–Kier alpha value is -6.37. The van der Waals surface area contributed by atoms with Crippen LogP contribution < -0.4 is 20.9 Å². The Bertz CT molecular complexity index is 2610. The van der Waals surface area contributed by atoms with Gasteiger partial charge >= 0.3 is 0 Å². The van der Waals surface area contributed by atoms with Gasteiger partial charge in [-0.05, 0) is 111 Å². The molecule has 4 aliphatic heterocycles. The van der Waals surface area contributed by atoms with Gasteiger partial charge in [0, 0.05) is 85.5 Å². The Morgan fingerprint density at radius 1 is 0.924 bits per heavy atom. The lowest BCUT2D eigenvalue weighted by Crippen LogP contribution is -2.51. The lowest BCUT2D eigenvalue weighted by Gasteiger charge is -2.38. The molecule has 2 unspecified atom stereocenters. The van der Waals surface area contributed by atoms with E-state index in [1.165, 1.54) is 23.5 Å². The van der Waals surface area contributed by atoms with E-state index in [0.717, 1.165) is 49.2 Å². The molecule has 18 heteroatoms. The highest BCUT2D eigenvalue weighted by molar-refractivity contribution is 7.13. The van der Waals surface area contributed by atoms with Gasteiger partial charge in [0.1, 0.15) is 23.7 Å². The molecule has 4 amide bonds. The Labute approximate surface area is 385 Å². The molecule has 0 aliphatic carbocycles. The number of likely N-dealkylation sites (tertiary alicyclic amines) is 1. The quantitative estimate of drug-likeness (QED) is 0.0939. The molecule has 0 saturated carbocycles. The highest BCUT2D eigenvalue weighted by Gasteiger charge is 2.34. The molecule has 0 spiro atoms. The lowest BCUT2D eigenvalue weighted by molar-refractivity contribution is -0.134. The molecule has 9 rings (SSSR count). The van der Waals surface area contributed by atoms with Gasteiger partial charge in [0.25, 0.3) is 0 Å². The van der Waals surface area contributed by atoms with Crippen LogP contribution in [0.1, 0.15) is 76.9 Å². The number of likely N-dealkylation sites (N-methyl/N-ethyl adjacent to an activating group) is 1. The summed E-state index contributed by atoms with van der Waals surface area (Å²) in [4.78, 5) is 80.0. The van der Waals surface area contributed by atoms with E-state index in [2.05, 4.69) is 35.7 Å². The molecule has 15 nitrogen and oxygen atoms in total. The van der Waals surface area contributed by atoms with Crippen LogP contribution in [-0.2, 0) is 38.7 Å². The van der Waals surface area contributed by atoms with E-state index in [-0.39, 0.29) is 53.5 Å². The van der Waals surface area contributed by atoms with Crippen molar-refractivity contribution in [2.24, 2.45) is 0 Å². The van der Waals surface area contributed by atoms with Crippen LogP contribution in [0.5, 0.6) is 0 Å². The topological polar surface area (TPSA) is 165 Å². The number of carbonyl (C=O) groups is 5.